The van der Waals surface area contributed by atoms with Gasteiger partial charge in [-0.05, 0) is 55.9 Å². The average molecular weight is 474 g/mol. The van der Waals surface area contributed by atoms with Gasteiger partial charge in [-0.15, -0.1) is 0 Å². The van der Waals surface area contributed by atoms with Gasteiger partial charge in [-0.2, -0.15) is 5.01 Å². The fourth-order valence-corrected chi connectivity index (χ4v) is 4.81. The number of ether oxygens (including phenoxy) is 2. The second-order valence-electron chi connectivity index (χ2n) is 9.51. The van der Waals surface area contributed by atoms with Gasteiger partial charge < -0.3 is 14.8 Å². The van der Waals surface area contributed by atoms with Gasteiger partial charge in [-0.3, -0.25) is 24.8 Å². The molecule has 2 N–H and O–H groups in total. The van der Waals surface area contributed by atoms with Crippen LogP contribution in [0.5, 0.6) is 11.5 Å². The third-order valence-corrected chi connectivity index (χ3v) is 7.09. The van der Waals surface area contributed by atoms with Gasteiger partial charge in [0, 0.05) is 32.7 Å². The number of hydrogen-bond acceptors (Lipinski definition) is 7. The molecule has 1 aromatic rings. The predicted octanol–water partition coefficient (Wildman–Crippen LogP) is 1.22. The van der Waals surface area contributed by atoms with E-state index in [9.17, 15) is 14.4 Å². The first-order chi connectivity index (χ1) is 16.4. The normalized spacial score (nSPS) is 25.9. The van der Waals surface area contributed by atoms with Gasteiger partial charge in [0.25, 0.3) is 11.8 Å². The largest absolute Gasteiger partial charge is 0.497 e. The molecular weight excluding hydrogens is 438 g/mol. The summed E-state index contributed by atoms with van der Waals surface area (Å²) in [4.78, 5) is 42.2. The Morgan fingerprint density at radius 1 is 1.06 bits per heavy atom. The molecule has 10 heteroatoms. The van der Waals surface area contributed by atoms with Crippen LogP contribution in [0.1, 0.15) is 32.6 Å². The first-order valence-corrected chi connectivity index (χ1v) is 12.1. The van der Waals surface area contributed by atoms with Crippen molar-refractivity contribution in [2.24, 2.45) is 5.92 Å². The number of imide groups is 1. The molecule has 2 aliphatic heterocycles. The van der Waals surface area contributed by atoms with E-state index in [1.165, 1.54) is 0 Å². The van der Waals surface area contributed by atoms with E-state index in [0.29, 0.717) is 25.4 Å². The smallest absolute Gasteiger partial charge is 0.344 e. The van der Waals surface area contributed by atoms with Gasteiger partial charge in [0.05, 0.1) is 13.7 Å². The highest BCUT2D eigenvalue weighted by atomic mass is 16.5. The average Bonchev–Trinajstić information content (AvgIpc) is 3.06. The summed E-state index contributed by atoms with van der Waals surface area (Å²) < 4.78 is 10.9. The van der Waals surface area contributed by atoms with E-state index >= 15 is 0 Å². The molecule has 34 heavy (non-hydrogen) atoms. The Morgan fingerprint density at radius 2 is 1.68 bits per heavy atom. The van der Waals surface area contributed by atoms with E-state index in [1.807, 2.05) is 29.2 Å². The molecule has 1 spiro atoms. The van der Waals surface area contributed by atoms with E-state index in [-0.39, 0.29) is 18.4 Å². The van der Waals surface area contributed by atoms with Crippen molar-refractivity contribution >= 4 is 17.8 Å². The highest BCUT2D eigenvalue weighted by molar-refractivity contribution is 6.08. The molecule has 2 heterocycles. The summed E-state index contributed by atoms with van der Waals surface area (Å²) in [7, 11) is 1.63. The number of piperazine rings is 1. The minimum atomic E-state index is -0.851. The molecule has 0 atom stereocenters. The molecule has 0 radical (unpaired) electrons. The van der Waals surface area contributed by atoms with E-state index in [2.05, 4.69) is 22.6 Å². The fourth-order valence-electron chi connectivity index (χ4n) is 4.81. The van der Waals surface area contributed by atoms with Gasteiger partial charge >= 0.3 is 6.03 Å². The standard InChI is InChI=1S/C24H35N5O5/c1-18-7-9-24(10-8-18)22(31)29(23(32)25-24)26-21(30)17-28-13-11-27(12-14-28)15-16-34-20-5-3-19(33-2)4-6-20/h3-6,18H,7-17H2,1-2H3,(H,25,32)(H,26,30). The van der Waals surface area contributed by atoms with Crippen LogP contribution in [0.15, 0.2) is 24.3 Å². The number of carbonyl (C=O) groups excluding carboxylic acids is 3. The van der Waals surface area contributed by atoms with Gasteiger partial charge in [-0.25, -0.2) is 4.79 Å². The lowest BCUT2D eigenvalue weighted by Crippen LogP contribution is -2.54. The summed E-state index contributed by atoms with van der Waals surface area (Å²) in [6, 6.07) is 6.98. The SMILES string of the molecule is COc1ccc(OCCN2CCN(CC(=O)NN3C(=O)NC4(CCC(C)CC4)C3=O)CC2)cc1. The quantitative estimate of drug-likeness (QED) is 0.547. The van der Waals surface area contributed by atoms with Gasteiger partial charge in [0.2, 0.25) is 0 Å². The number of rotatable bonds is 8. The Hall–Kier alpha value is -2.85. The number of carbonyl (C=O) groups is 3. The van der Waals surface area contributed by atoms with Crippen molar-refractivity contribution in [1.82, 2.24) is 25.6 Å². The summed E-state index contributed by atoms with van der Waals surface area (Å²) in [5, 5.41) is 3.71. The number of methoxy groups -OCH3 is 1. The summed E-state index contributed by atoms with van der Waals surface area (Å²) >= 11 is 0. The molecule has 1 aliphatic carbocycles. The van der Waals surface area contributed by atoms with Crippen molar-refractivity contribution < 1.29 is 23.9 Å². The van der Waals surface area contributed by atoms with Crippen LogP contribution in [0.2, 0.25) is 0 Å². The Labute approximate surface area is 200 Å². The number of nitrogens with one attached hydrogen (secondary N) is 2. The molecule has 4 rings (SSSR count). The van der Waals surface area contributed by atoms with Crippen molar-refractivity contribution in [2.75, 3.05) is 53.0 Å². The van der Waals surface area contributed by atoms with Crippen molar-refractivity contribution in [3.05, 3.63) is 24.3 Å². The van der Waals surface area contributed by atoms with Crippen molar-refractivity contribution in [1.29, 1.82) is 0 Å². The molecule has 0 unspecified atom stereocenters. The molecule has 3 aliphatic rings. The van der Waals surface area contributed by atoms with Gasteiger partial charge in [0.15, 0.2) is 0 Å². The second kappa shape index (κ2) is 10.6. The van der Waals surface area contributed by atoms with E-state index in [0.717, 1.165) is 62.1 Å². The second-order valence-corrected chi connectivity index (χ2v) is 9.51. The predicted molar refractivity (Wildman–Crippen MR) is 125 cm³/mol. The molecular formula is C24H35N5O5. The van der Waals surface area contributed by atoms with Crippen LogP contribution in [0.4, 0.5) is 4.79 Å². The molecule has 10 nitrogen and oxygen atoms in total. The maximum Gasteiger partial charge on any atom is 0.344 e. The number of hydrogen-bond donors (Lipinski definition) is 2. The Morgan fingerprint density at radius 3 is 2.32 bits per heavy atom. The maximum absolute atomic E-state index is 12.9. The number of nitrogens with zero attached hydrogens (tertiary/aromatic N) is 3. The minimum absolute atomic E-state index is 0.150. The van der Waals surface area contributed by atoms with Crippen molar-refractivity contribution in [2.45, 2.75) is 38.1 Å². The van der Waals surface area contributed by atoms with Crippen molar-refractivity contribution in [3.8, 4) is 11.5 Å². The number of hydrazine groups is 1. The minimum Gasteiger partial charge on any atom is -0.497 e. The molecule has 186 valence electrons. The molecule has 4 amide bonds. The van der Waals surface area contributed by atoms with Gasteiger partial charge in [0.1, 0.15) is 23.6 Å². The van der Waals surface area contributed by atoms with Crippen LogP contribution in [-0.2, 0) is 9.59 Å². The van der Waals surface area contributed by atoms with E-state index in [1.54, 1.807) is 7.11 Å². The summed E-state index contributed by atoms with van der Waals surface area (Å²) in [5.41, 5.74) is 1.68. The lowest BCUT2D eigenvalue weighted by Gasteiger charge is -2.34. The molecule has 1 saturated carbocycles. The van der Waals surface area contributed by atoms with Crippen molar-refractivity contribution in [3.63, 3.8) is 0 Å². The summed E-state index contributed by atoms with van der Waals surface area (Å²) in [5.74, 6) is 1.47. The molecule has 1 aromatic carbocycles. The van der Waals surface area contributed by atoms with Crippen LogP contribution in [0.25, 0.3) is 0 Å². The third-order valence-electron chi connectivity index (χ3n) is 7.09. The van der Waals surface area contributed by atoms with E-state index in [4.69, 9.17) is 9.47 Å². The maximum atomic E-state index is 12.9. The monoisotopic (exact) mass is 473 g/mol. The van der Waals surface area contributed by atoms with Crippen LogP contribution in [0, 0.1) is 5.92 Å². The van der Waals surface area contributed by atoms with Gasteiger partial charge in [-0.1, -0.05) is 6.92 Å². The molecule has 0 bridgehead atoms. The summed E-state index contributed by atoms with van der Waals surface area (Å²) in [6.45, 7) is 6.80. The van der Waals surface area contributed by atoms with Crippen LogP contribution in [0.3, 0.4) is 0 Å². The first-order valence-electron chi connectivity index (χ1n) is 12.1. The lowest BCUT2D eigenvalue weighted by atomic mass is 9.77. The zero-order valence-corrected chi connectivity index (χ0v) is 20.0. The summed E-state index contributed by atoms with van der Waals surface area (Å²) in [6.07, 6.45) is 3.02. The van der Waals surface area contributed by atoms with E-state index < -0.39 is 11.6 Å². The van der Waals surface area contributed by atoms with Crippen LogP contribution >= 0.6 is 0 Å². The topological polar surface area (TPSA) is 103 Å². The molecule has 3 fully saturated rings. The zero-order valence-electron chi connectivity index (χ0n) is 20.0. The number of urea groups is 1. The Bertz CT molecular complexity index is 876. The number of amides is 4. The molecule has 2 saturated heterocycles. The van der Waals surface area contributed by atoms with Crippen LogP contribution in [-0.4, -0.2) is 91.2 Å². The third kappa shape index (κ3) is 5.61. The van der Waals surface area contributed by atoms with Crippen LogP contribution < -0.4 is 20.2 Å². The molecule has 0 aromatic heterocycles. The Balaban J connectivity index is 1.16. The first kappa shape index (κ1) is 24.3. The zero-order chi connectivity index (χ0) is 24.1. The number of benzene rings is 1. The Kier molecular flexibility index (Phi) is 7.57. The highest BCUT2D eigenvalue weighted by Crippen LogP contribution is 2.35. The fraction of sp³-hybridized carbons (Fsp3) is 0.625. The lowest BCUT2D eigenvalue weighted by molar-refractivity contribution is -0.140. The highest BCUT2D eigenvalue weighted by Gasteiger charge is 2.52.